The van der Waals surface area contributed by atoms with Crippen LogP contribution in [0.25, 0.3) is 0 Å². The van der Waals surface area contributed by atoms with Gasteiger partial charge in [-0.3, -0.25) is 4.79 Å². The number of aliphatic hydroxyl groups is 1. The Morgan fingerprint density at radius 3 is 2.68 bits per heavy atom. The Morgan fingerprint density at radius 1 is 1.47 bits per heavy atom. The quantitative estimate of drug-likeness (QED) is 0.886. The summed E-state index contributed by atoms with van der Waals surface area (Å²) in [7, 11) is 0. The molecular formula is C12H13BrF3NO2. The molecule has 0 unspecified atom stereocenters. The van der Waals surface area contributed by atoms with E-state index in [9.17, 15) is 18.0 Å². The van der Waals surface area contributed by atoms with Crippen molar-refractivity contribution in [2.75, 3.05) is 6.54 Å². The van der Waals surface area contributed by atoms with E-state index in [4.69, 9.17) is 5.11 Å². The van der Waals surface area contributed by atoms with Crippen LogP contribution in [0.3, 0.4) is 0 Å². The summed E-state index contributed by atoms with van der Waals surface area (Å²) in [5, 5.41) is 11.1. The fraction of sp³-hybridized carbons (Fsp3) is 0.417. The van der Waals surface area contributed by atoms with Gasteiger partial charge in [0, 0.05) is 16.6 Å². The van der Waals surface area contributed by atoms with Gasteiger partial charge in [0.05, 0.1) is 0 Å². The maximum Gasteiger partial charge on any atom is 0.414 e. The zero-order valence-corrected chi connectivity index (χ0v) is 11.7. The third-order valence-corrected chi connectivity index (χ3v) is 3.45. The Kier molecular flexibility index (Phi) is 5.37. The Bertz CT molecular complexity index is 463. The number of aliphatic hydroxyl groups excluding tert-OH is 1. The Labute approximate surface area is 116 Å². The molecule has 1 aromatic rings. The molecule has 3 nitrogen and oxygen atoms in total. The molecule has 0 aliphatic carbocycles. The van der Waals surface area contributed by atoms with Crippen LogP contribution >= 0.6 is 15.9 Å². The van der Waals surface area contributed by atoms with E-state index in [1.807, 2.05) is 0 Å². The molecule has 0 fully saturated rings. The number of nitrogens with one attached hydrogen (secondary N) is 1. The van der Waals surface area contributed by atoms with Gasteiger partial charge in [-0.05, 0) is 31.0 Å². The van der Waals surface area contributed by atoms with Crippen LogP contribution in [0.1, 0.15) is 22.3 Å². The topological polar surface area (TPSA) is 49.3 Å². The van der Waals surface area contributed by atoms with Gasteiger partial charge in [0.2, 0.25) is 0 Å². The van der Waals surface area contributed by atoms with Gasteiger partial charge in [0.1, 0.15) is 0 Å². The monoisotopic (exact) mass is 339 g/mol. The SMILES string of the molecule is Cc1c(Br)cccc1C(=O)NCC[C@H](O)C(F)(F)F. The summed E-state index contributed by atoms with van der Waals surface area (Å²) in [5.74, 6) is -0.465. The summed E-state index contributed by atoms with van der Waals surface area (Å²) in [6.45, 7) is 1.48. The van der Waals surface area contributed by atoms with Gasteiger partial charge in [-0.1, -0.05) is 22.0 Å². The van der Waals surface area contributed by atoms with Crippen molar-refractivity contribution in [2.24, 2.45) is 0 Å². The van der Waals surface area contributed by atoms with Crippen molar-refractivity contribution in [2.45, 2.75) is 25.6 Å². The number of halogens is 4. The van der Waals surface area contributed by atoms with E-state index >= 15 is 0 Å². The number of amides is 1. The van der Waals surface area contributed by atoms with Gasteiger partial charge >= 0.3 is 6.18 Å². The summed E-state index contributed by atoms with van der Waals surface area (Å²) in [5.41, 5.74) is 1.09. The molecule has 2 N–H and O–H groups in total. The van der Waals surface area contributed by atoms with Crippen LogP contribution in [0.4, 0.5) is 13.2 Å². The molecule has 0 saturated heterocycles. The molecule has 1 rings (SSSR count). The van der Waals surface area contributed by atoms with Gasteiger partial charge in [0.15, 0.2) is 6.10 Å². The summed E-state index contributed by atoms with van der Waals surface area (Å²) < 4.78 is 36.9. The first kappa shape index (κ1) is 16.0. The highest BCUT2D eigenvalue weighted by molar-refractivity contribution is 9.10. The minimum absolute atomic E-state index is 0.245. The normalized spacial score (nSPS) is 13.2. The summed E-state index contributed by atoms with van der Waals surface area (Å²) >= 11 is 3.26. The van der Waals surface area contributed by atoms with Crippen LogP contribution in [-0.2, 0) is 0 Å². The molecule has 0 aliphatic heterocycles. The Morgan fingerprint density at radius 2 is 2.11 bits per heavy atom. The smallest absolute Gasteiger partial charge is 0.384 e. The summed E-state index contributed by atoms with van der Waals surface area (Å²) in [4.78, 5) is 11.8. The van der Waals surface area contributed by atoms with Crippen molar-refractivity contribution in [3.63, 3.8) is 0 Å². The molecule has 0 bridgehead atoms. The lowest BCUT2D eigenvalue weighted by Crippen LogP contribution is -2.34. The average molecular weight is 340 g/mol. The van der Waals surface area contributed by atoms with E-state index in [2.05, 4.69) is 21.2 Å². The van der Waals surface area contributed by atoms with E-state index in [1.54, 1.807) is 25.1 Å². The Balaban J connectivity index is 2.55. The first-order chi connectivity index (χ1) is 8.73. The van der Waals surface area contributed by atoms with E-state index in [1.165, 1.54) is 0 Å². The highest BCUT2D eigenvalue weighted by Gasteiger charge is 2.37. The number of hydrogen-bond donors (Lipinski definition) is 2. The third-order valence-electron chi connectivity index (χ3n) is 2.59. The van der Waals surface area contributed by atoms with Crippen molar-refractivity contribution < 1.29 is 23.1 Å². The summed E-state index contributed by atoms with van der Waals surface area (Å²) in [6.07, 6.45) is -7.64. The van der Waals surface area contributed by atoms with Crippen LogP contribution in [-0.4, -0.2) is 29.8 Å². The molecule has 0 saturated carbocycles. The van der Waals surface area contributed by atoms with Gasteiger partial charge in [-0.2, -0.15) is 13.2 Å². The first-order valence-corrected chi connectivity index (χ1v) is 6.31. The van der Waals surface area contributed by atoms with Gasteiger partial charge in [-0.15, -0.1) is 0 Å². The maximum atomic E-state index is 12.0. The standard InChI is InChI=1S/C12H13BrF3NO2/c1-7-8(3-2-4-9(7)13)11(19)17-6-5-10(18)12(14,15)16/h2-4,10,18H,5-6H2,1H3,(H,17,19)/t10-/m0/s1. The third kappa shape index (κ3) is 4.50. The molecule has 1 amide bonds. The molecule has 0 radical (unpaired) electrons. The molecule has 106 valence electrons. The van der Waals surface area contributed by atoms with Gasteiger partial charge in [-0.25, -0.2) is 0 Å². The minimum atomic E-state index is -4.66. The molecular weight excluding hydrogens is 327 g/mol. The fourth-order valence-electron chi connectivity index (χ4n) is 1.43. The lowest BCUT2D eigenvalue weighted by Gasteiger charge is -2.15. The van der Waals surface area contributed by atoms with Crippen LogP contribution < -0.4 is 5.32 Å². The molecule has 0 spiro atoms. The number of carbonyl (C=O) groups is 1. The predicted octanol–water partition coefficient (Wildman–Crippen LogP) is 2.80. The lowest BCUT2D eigenvalue weighted by molar-refractivity contribution is -0.204. The number of benzene rings is 1. The predicted molar refractivity (Wildman–Crippen MR) is 67.9 cm³/mol. The highest BCUT2D eigenvalue weighted by Crippen LogP contribution is 2.22. The maximum absolute atomic E-state index is 12.0. The molecule has 0 aliphatic rings. The number of alkyl halides is 3. The van der Waals surface area contributed by atoms with E-state index in [0.29, 0.717) is 11.1 Å². The highest BCUT2D eigenvalue weighted by atomic mass is 79.9. The van der Waals surface area contributed by atoms with Crippen molar-refractivity contribution in [1.29, 1.82) is 0 Å². The van der Waals surface area contributed by atoms with Crippen molar-refractivity contribution in [1.82, 2.24) is 5.32 Å². The molecule has 0 aromatic heterocycles. The van der Waals surface area contributed by atoms with E-state index in [-0.39, 0.29) is 6.54 Å². The molecule has 1 atom stereocenters. The number of carbonyl (C=O) groups excluding carboxylic acids is 1. The zero-order chi connectivity index (χ0) is 14.6. The second-order valence-electron chi connectivity index (χ2n) is 4.01. The van der Waals surface area contributed by atoms with Crippen LogP contribution in [0.5, 0.6) is 0 Å². The second kappa shape index (κ2) is 6.38. The van der Waals surface area contributed by atoms with Crippen molar-refractivity contribution in [3.8, 4) is 0 Å². The second-order valence-corrected chi connectivity index (χ2v) is 4.87. The fourth-order valence-corrected chi connectivity index (χ4v) is 1.80. The minimum Gasteiger partial charge on any atom is -0.384 e. The van der Waals surface area contributed by atoms with Crippen LogP contribution in [0.2, 0.25) is 0 Å². The molecule has 7 heteroatoms. The van der Waals surface area contributed by atoms with Gasteiger partial charge < -0.3 is 10.4 Å². The summed E-state index contributed by atoms with van der Waals surface area (Å²) in [6, 6.07) is 5.01. The Hall–Kier alpha value is -1.08. The van der Waals surface area contributed by atoms with Crippen LogP contribution in [0.15, 0.2) is 22.7 Å². The number of rotatable bonds is 4. The van der Waals surface area contributed by atoms with Crippen molar-refractivity contribution >= 4 is 21.8 Å². The van der Waals surface area contributed by atoms with Gasteiger partial charge in [0.25, 0.3) is 5.91 Å². The van der Waals surface area contributed by atoms with E-state index < -0.39 is 24.6 Å². The zero-order valence-electron chi connectivity index (χ0n) is 10.1. The average Bonchev–Trinajstić information content (AvgIpc) is 2.31. The first-order valence-electron chi connectivity index (χ1n) is 5.51. The van der Waals surface area contributed by atoms with Crippen molar-refractivity contribution in [3.05, 3.63) is 33.8 Å². The molecule has 1 aromatic carbocycles. The lowest BCUT2D eigenvalue weighted by atomic mass is 10.1. The van der Waals surface area contributed by atoms with E-state index in [0.717, 1.165) is 4.47 Å². The number of hydrogen-bond acceptors (Lipinski definition) is 2. The largest absolute Gasteiger partial charge is 0.414 e. The molecule has 19 heavy (non-hydrogen) atoms. The molecule has 0 heterocycles. The van der Waals surface area contributed by atoms with Crippen LogP contribution in [0, 0.1) is 6.92 Å².